The van der Waals surface area contributed by atoms with Gasteiger partial charge in [-0.2, -0.15) is 0 Å². The molecular formula is C24H17ClF2N2O2S. The number of anilines is 1. The quantitative estimate of drug-likeness (QED) is 0.528. The van der Waals surface area contributed by atoms with Crippen LogP contribution in [0.3, 0.4) is 0 Å². The van der Waals surface area contributed by atoms with Crippen LogP contribution in [0.25, 0.3) is 0 Å². The van der Waals surface area contributed by atoms with E-state index in [-0.39, 0.29) is 18.0 Å². The van der Waals surface area contributed by atoms with Crippen molar-refractivity contribution in [3.8, 4) is 0 Å². The van der Waals surface area contributed by atoms with Crippen LogP contribution in [0, 0.1) is 11.6 Å². The highest BCUT2D eigenvalue weighted by atomic mass is 35.5. The monoisotopic (exact) mass is 470 g/mol. The number of fused-ring (bicyclic) bond motifs is 2. The van der Waals surface area contributed by atoms with Gasteiger partial charge in [0.1, 0.15) is 11.6 Å². The SMILES string of the molecule is O=C(c1ccc(F)cc1)N1CCSC12C(=O)N(Cc1ccccc1Cl)c1ccc(F)cc12. The standard InChI is InChI=1S/C24H17ClF2N2O2S/c25-20-4-2-1-3-16(20)14-28-21-10-9-18(27)13-19(21)24(23(28)31)29(11-12-32-24)22(30)15-5-7-17(26)8-6-15/h1-10,13H,11-12,14H2. The molecule has 1 atom stereocenters. The molecule has 0 aliphatic carbocycles. The van der Waals surface area contributed by atoms with E-state index in [1.165, 1.54) is 53.1 Å². The van der Waals surface area contributed by atoms with Crippen LogP contribution < -0.4 is 4.90 Å². The lowest BCUT2D eigenvalue weighted by Gasteiger charge is -2.33. The van der Waals surface area contributed by atoms with E-state index in [1.54, 1.807) is 23.1 Å². The van der Waals surface area contributed by atoms with Gasteiger partial charge in [-0.05, 0) is 54.1 Å². The maximum absolute atomic E-state index is 14.3. The Morgan fingerprint density at radius 3 is 2.50 bits per heavy atom. The van der Waals surface area contributed by atoms with Crippen molar-refractivity contribution in [3.63, 3.8) is 0 Å². The van der Waals surface area contributed by atoms with E-state index < -0.39 is 22.4 Å². The Morgan fingerprint density at radius 1 is 1.03 bits per heavy atom. The number of halogens is 3. The summed E-state index contributed by atoms with van der Waals surface area (Å²) in [5.41, 5.74) is 1.99. The van der Waals surface area contributed by atoms with Gasteiger partial charge < -0.3 is 9.80 Å². The number of carbonyl (C=O) groups excluding carboxylic acids is 2. The fraction of sp³-hybridized carbons (Fsp3) is 0.167. The number of carbonyl (C=O) groups is 2. The van der Waals surface area contributed by atoms with E-state index in [9.17, 15) is 18.4 Å². The fourth-order valence-electron chi connectivity index (χ4n) is 4.29. The van der Waals surface area contributed by atoms with E-state index in [2.05, 4.69) is 0 Å². The maximum atomic E-state index is 14.3. The van der Waals surface area contributed by atoms with Crippen molar-refractivity contribution in [2.24, 2.45) is 0 Å². The van der Waals surface area contributed by atoms with Gasteiger partial charge in [-0.25, -0.2) is 8.78 Å². The maximum Gasteiger partial charge on any atom is 0.268 e. The molecule has 32 heavy (non-hydrogen) atoms. The Hall–Kier alpha value is -2.90. The number of nitrogens with zero attached hydrogens (tertiary/aromatic N) is 2. The molecule has 2 aliphatic heterocycles. The number of amides is 2. The van der Waals surface area contributed by atoms with Gasteiger partial charge in [-0.3, -0.25) is 9.59 Å². The van der Waals surface area contributed by atoms with Crippen molar-refractivity contribution in [2.75, 3.05) is 17.2 Å². The molecule has 2 aliphatic rings. The minimum atomic E-state index is -1.38. The van der Waals surface area contributed by atoms with E-state index in [0.29, 0.717) is 28.6 Å². The predicted molar refractivity (Wildman–Crippen MR) is 121 cm³/mol. The summed E-state index contributed by atoms with van der Waals surface area (Å²) in [5.74, 6) is -1.16. The summed E-state index contributed by atoms with van der Waals surface area (Å²) in [4.78, 5) is 28.9. The Bertz CT molecular complexity index is 1240. The molecule has 0 bridgehead atoms. The highest BCUT2D eigenvalue weighted by Crippen LogP contribution is 2.55. The summed E-state index contributed by atoms with van der Waals surface area (Å²) >= 11 is 7.63. The first-order chi connectivity index (χ1) is 15.4. The molecular weight excluding hydrogens is 454 g/mol. The van der Waals surface area contributed by atoms with Crippen molar-refractivity contribution >= 4 is 40.9 Å². The van der Waals surface area contributed by atoms with E-state index in [4.69, 9.17) is 11.6 Å². The molecule has 3 aromatic rings. The highest BCUT2D eigenvalue weighted by molar-refractivity contribution is 8.01. The molecule has 1 fully saturated rings. The van der Waals surface area contributed by atoms with Crippen molar-refractivity contribution in [1.82, 2.24) is 4.90 Å². The molecule has 162 valence electrons. The molecule has 1 saturated heterocycles. The molecule has 2 heterocycles. The Labute approximate surface area is 192 Å². The van der Waals surface area contributed by atoms with Gasteiger partial charge >= 0.3 is 0 Å². The molecule has 8 heteroatoms. The number of benzene rings is 3. The molecule has 0 saturated carbocycles. The van der Waals surface area contributed by atoms with Crippen LogP contribution in [-0.2, 0) is 16.2 Å². The van der Waals surface area contributed by atoms with Gasteiger partial charge in [0, 0.05) is 28.4 Å². The third-order valence-corrected chi connectivity index (χ3v) is 7.57. The number of hydrogen-bond acceptors (Lipinski definition) is 3. The minimum Gasteiger partial charge on any atom is -0.311 e. The molecule has 1 spiro atoms. The van der Waals surface area contributed by atoms with Crippen LogP contribution in [0.5, 0.6) is 0 Å². The molecule has 0 radical (unpaired) electrons. The van der Waals surface area contributed by atoms with Gasteiger partial charge in [-0.1, -0.05) is 29.8 Å². The zero-order valence-corrected chi connectivity index (χ0v) is 18.3. The zero-order valence-electron chi connectivity index (χ0n) is 16.7. The smallest absolute Gasteiger partial charge is 0.268 e. The van der Waals surface area contributed by atoms with Gasteiger partial charge in [0.05, 0.1) is 12.2 Å². The first kappa shape index (κ1) is 21.0. The van der Waals surface area contributed by atoms with Gasteiger partial charge in [0.15, 0.2) is 4.87 Å². The second-order valence-electron chi connectivity index (χ2n) is 7.60. The molecule has 2 amide bonds. The average Bonchev–Trinajstić information content (AvgIpc) is 3.32. The predicted octanol–water partition coefficient (Wildman–Crippen LogP) is 5.21. The summed E-state index contributed by atoms with van der Waals surface area (Å²) < 4.78 is 27.7. The zero-order chi connectivity index (χ0) is 22.5. The van der Waals surface area contributed by atoms with Crippen LogP contribution >= 0.6 is 23.4 Å². The lowest BCUT2D eigenvalue weighted by atomic mass is 10.0. The second-order valence-corrected chi connectivity index (χ2v) is 9.30. The Kier molecular flexibility index (Phi) is 5.18. The van der Waals surface area contributed by atoms with Crippen LogP contribution in [0.2, 0.25) is 5.02 Å². The van der Waals surface area contributed by atoms with Crippen molar-refractivity contribution < 1.29 is 18.4 Å². The number of rotatable bonds is 3. The average molecular weight is 471 g/mol. The van der Waals surface area contributed by atoms with Gasteiger partial charge in [-0.15, -0.1) is 11.8 Å². The largest absolute Gasteiger partial charge is 0.311 e. The van der Waals surface area contributed by atoms with E-state index in [1.807, 2.05) is 12.1 Å². The number of hydrogen-bond donors (Lipinski definition) is 0. The molecule has 0 N–H and O–H groups in total. The van der Waals surface area contributed by atoms with Crippen molar-refractivity contribution in [3.05, 3.63) is 100 Å². The highest BCUT2D eigenvalue weighted by Gasteiger charge is 2.59. The summed E-state index contributed by atoms with van der Waals surface area (Å²) in [6.45, 7) is 0.501. The first-order valence-corrected chi connectivity index (χ1v) is 11.3. The molecule has 0 aromatic heterocycles. The van der Waals surface area contributed by atoms with Gasteiger partial charge in [0.25, 0.3) is 11.8 Å². The molecule has 5 rings (SSSR count). The molecule has 3 aromatic carbocycles. The molecule has 1 unspecified atom stereocenters. The summed E-state index contributed by atoms with van der Waals surface area (Å²) in [6.07, 6.45) is 0. The Morgan fingerprint density at radius 2 is 1.75 bits per heavy atom. The second kappa shape index (κ2) is 7.90. The number of thioether (sulfide) groups is 1. The van der Waals surface area contributed by atoms with Crippen LogP contribution in [0.4, 0.5) is 14.5 Å². The topological polar surface area (TPSA) is 40.6 Å². The summed E-state index contributed by atoms with van der Waals surface area (Å²) in [7, 11) is 0. The lowest BCUT2D eigenvalue weighted by Crippen LogP contribution is -2.50. The van der Waals surface area contributed by atoms with Crippen LogP contribution in [0.1, 0.15) is 21.5 Å². The van der Waals surface area contributed by atoms with E-state index >= 15 is 0 Å². The summed E-state index contributed by atoms with van der Waals surface area (Å²) in [6, 6.07) is 16.6. The third-order valence-electron chi connectivity index (χ3n) is 5.78. The van der Waals surface area contributed by atoms with Crippen molar-refractivity contribution in [2.45, 2.75) is 11.4 Å². The minimum absolute atomic E-state index is 0.192. The fourth-order valence-corrected chi connectivity index (χ4v) is 5.94. The summed E-state index contributed by atoms with van der Waals surface area (Å²) in [5, 5.41) is 0.517. The van der Waals surface area contributed by atoms with Gasteiger partial charge in [0.2, 0.25) is 0 Å². The third kappa shape index (κ3) is 3.19. The van der Waals surface area contributed by atoms with E-state index in [0.717, 1.165) is 5.56 Å². The normalized spacial score (nSPS) is 19.7. The lowest BCUT2D eigenvalue weighted by molar-refractivity contribution is -0.123. The van der Waals surface area contributed by atoms with Crippen molar-refractivity contribution in [1.29, 1.82) is 0 Å². The Balaban J connectivity index is 1.60. The van der Waals surface area contributed by atoms with Crippen LogP contribution in [-0.4, -0.2) is 29.0 Å². The van der Waals surface area contributed by atoms with Crippen LogP contribution in [0.15, 0.2) is 66.7 Å². The first-order valence-electron chi connectivity index (χ1n) is 9.99. The molecule has 4 nitrogen and oxygen atoms in total.